The van der Waals surface area contributed by atoms with E-state index in [1.807, 2.05) is 12.1 Å². The number of nitrogens with one attached hydrogen (secondary N) is 3. The number of hydrogen-bond acceptors (Lipinski definition) is 4. The van der Waals surface area contributed by atoms with E-state index in [4.69, 9.17) is 11.6 Å². The van der Waals surface area contributed by atoms with Crippen LogP contribution in [-0.2, 0) is 16.1 Å². The molecule has 1 aromatic heterocycles. The second-order valence-electron chi connectivity index (χ2n) is 8.75. The van der Waals surface area contributed by atoms with Crippen LogP contribution in [0.3, 0.4) is 0 Å². The molecule has 33 heavy (non-hydrogen) atoms. The Bertz CT molecular complexity index is 1120. The zero-order valence-electron chi connectivity index (χ0n) is 18.5. The second kappa shape index (κ2) is 9.90. The van der Waals surface area contributed by atoms with Crippen molar-refractivity contribution < 1.29 is 14.0 Å². The summed E-state index contributed by atoms with van der Waals surface area (Å²) in [7, 11) is 0. The van der Waals surface area contributed by atoms with E-state index >= 15 is 0 Å². The van der Waals surface area contributed by atoms with Crippen LogP contribution in [0.25, 0.3) is 0 Å². The minimum atomic E-state index is -0.833. The molecule has 1 saturated heterocycles. The fourth-order valence-corrected chi connectivity index (χ4v) is 3.88. The highest BCUT2D eigenvalue weighted by molar-refractivity contribution is 6.32. The van der Waals surface area contributed by atoms with Crippen molar-refractivity contribution >= 4 is 23.4 Å². The van der Waals surface area contributed by atoms with Gasteiger partial charge < -0.3 is 10.6 Å². The number of rotatable bonds is 5. The lowest BCUT2D eigenvalue weighted by Gasteiger charge is -2.32. The minimum absolute atomic E-state index is 0.127. The zero-order valence-corrected chi connectivity index (χ0v) is 19.3. The first-order valence-electron chi connectivity index (χ1n) is 11.1. The number of hydrogen-bond donors (Lipinski definition) is 3. The summed E-state index contributed by atoms with van der Waals surface area (Å²) in [5.41, 5.74) is 2.20. The van der Waals surface area contributed by atoms with Gasteiger partial charge >= 0.3 is 0 Å². The molecule has 2 heterocycles. The van der Waals surface area contributed by atoms with Crippen molar-refractivity contribution in [3.63, 3.8) is 0 Å². The third kappa shape index (κ3) is 5.70. The third-order valence-electron chi connectivity index (χ3n) is 5.68. The van der Waals surface area contributed by atoms with Crippen LogP contribution in [0, 0.1) is 29.5 Å². The van der Waals surface area contributed by atoms with Gasteiger partial charge in [-0.3, -0.25) is 19.9 Å². The fraction of sp³-hybridized carbons (Fsp3) is 0.400. The number of halogens is 2. The Hall–Kier alpha value is -2.95. The van der Waals surface area contributed by atoms with E-state index in [0.717, 1.165) is 18.4 Å². The number of nitrogens with zero attached hydrogens (tertiary/aromatic N) is 1. The molecule has 1 saturated carbocycles. The molecule has 8 heteroatoms. The number of carbonyl (C=O) groups is 2. The molecule has 2 unspecified atom stereocenters. The van der Waals surface area contributed by atoms with Crippen LogP contribution >= 0.6 is 11.6 Å². The van der Waals surface area contributed by atoms with Crippen LogP contribution < -0.4 is 16.0 Å². The molecule has 3 N–H and O–H groups in total. The van der Waals surface area contributed by atoms with Gasteiger partial charge in [0.25, 0.3) is 0 Å². The standard InChI is InChI=1S/C25H26ClFN4O2/c1-14(2)25(33)29-13-17-8-9-18(27)22(23(17)26)24-30-20(11-21(32)31-24)19-10-7-16(12-28-19)6-5-15-3-4-15/h7-10,12,14-15,20,24,30H,3-4,11,13H2,1-2H3,(H,29,33)(H,31,32). The molecule has 6 nitrogen and oxygen atoms in total. The fourth-order valence-electron chi connectivity index (χ4n) is 3.55. The maximum atomic E-state index is 14.8. The largest absolute Gasteiger partial charge is 0.352 e. The molecule has 0 radical (unpaired) electrons. The minimum Gasteiger partial charge on any atom is -0.352 e. The van der Waals surface area contributed by atoms with Crippen molar-refractivity contribution in [2.45, 2.75) is 51.9 Å². The number of carbonyl (C=O) groups excluding carboxylic acids is 2. The molecule has 1 aliphatic carbocycles. The molecular formula is C25H26ClFN4O2. The van der Waals surface area contributed by atoms with E-state index in [-0.39, 0.29) is 41.3 Å². The molecule has 2 fully saturated rings. The van der Waals surface area contributed by atoms with Gasteiger partial charge in [0.15, 0.2) is 0 Å². The van der Waals surface area contributed by atoms with Crippen molar-refractivity contribution in [3.8, 4) is 11.8 Å². The van der Waals surface area contributed by atoms with Gasteiger partial charge in [0.1, 0.15) is 12.0 Å². The van der Waals surface area contributed by atoms with Crippen LogP contribution in [0.2, 0.25) is 5.02 Å². The molecule has 2 aromatic rings. The van der Waals surface area contributed by atoms with E-state index in [0.29, 0.717) is 17.2 Å². The van der Waals surface area contributed by atoms with Crippen molar-refractivity contribution in [1.29, 1.82) is 0 Å². The van der Waals surface area contributed by atoms with E-state index in [1.165, 1.54) is 12.1 Å². The summed E-state index contributed by atoms with van der Waals surface area (Å²) in [4.78, 5) is 28.8. The second-order valence-corrected chi connectivity index (χ2v) is 9.12. The lowest BCUT2D eigenvalue weighted by Crippen LogP contribution is -2.47. The number of benzene rings is 1. The van der Waals surface area contributed by atoms with Gasteiger partial charge in [-0.05, 0) is 36.6 Å². The maximum absolute atomic E-state index is 14.8. The predicted octanol–water partition coefficient (Wildman–Crippen LogP) is 3.76. The lowest BCUT2D eigenvalue weighted by atomic mass is 10.0. The summed E-state index contributed by atoms with van der Waals surface area (Å²) in [6.07, 6.45) is 3.34. The van der Waals surface area contributed by atoms with Gasteiger partial charge in [0.05, 0.1) is 16.8 Å². The van der Waals surface area contributed by atoms with Gasteiger partial charge in [-0.25, -0.2) is 4.39 Å². The predicted molar refractivity (Wildman–Crippen MR) is 123 cm³/mol. The quantitative estimate of drug-likeness (QED) is 0.583. The van der Waals surface area contributed by atoms with E-state index in [2.05, 4.69) is 32.8 Å². The molecule has 2 aliphatic rings. The smallest absolute Gasteiger partial charge is 0.223 e. The van der Waals surface area contributed by atoms with Crippen LogP contribution in [0.1, 0.15) is 67.7 Å². The highest BCUT2D eigenvalue weighted by atomic mass is 35.5. The molecule has 2 atom stereocenters. The van der Waals surface area contributed by atoms with Gasteiger partial charge in [-0.1, -0.05) is 43.4 Å². The summed E-state index contributed by atoms with van der Waals surface area (Å²) in [5, 5.41) is 8.96. The molecule has 172 valence electrons. The van der Waals surface area contributed by atoms with E-state index in [1.54, 1.807) is 20.0 Å². The van der Waals surface area contributed by atoms with Crippen molar-refractivity contribution in [3.05, 3.63) is 63.7 Å². The summed E-state index contributed by atoms with van der Waals surface area (Å²) in [6, 6.07) is 6.13. The summed E-state index contributed by atoms with van der Waals surface area (Å²) in [6.45, 7) is 3.74. The van der Waals surface area contributed by atoms with Crippen molar-refractivity contribution in [2.75, 3.05) is 0 Å². The molecule has 0 bridgehead atoms. The Morgan fingerprint density at radius 2 is 2.09 bits per heavy atom. The molecular weight excluding hydrogens is 443 g/mol. The normalized spacial score (nSPS) is 20.1. The van der Waals surface area contributed by atoms with Gasteiger partial charge in [-0.2, -0.15) is 0 Å². The van der Waals surface area contributed by atoms with Gasteiger partial charge in [-0.15, -0.1) is 0 Å². The molecule has 2 amide bonds. The summed E-state index contributed by atoms with van der Waals surface area (Å²) < 4.78 is 14.8. The topological polar surface area (TPSA) is 83.1 Å². The van der Waals surface area contributed by atoms with E-state index in [9.17, 15) is 14.0 Å². The Kier molecular flexibility index (Phi) is 6.96. The first-order chi connectivity index (χ1) is 15.8. The number of amides is 2. The molecule has 0 spiro atoms. The molecule has 4 rings (SSSR count). The SMILES string of the molecule is CC(C)C(=O)NCc1ccc(F)c(C2NC(=O)CC(c3ccc(C#CC4CC4)cn3)N2)c1Cl. The van der Waals surface area contributed by atoms with Crippen molar-refractivity contribution in [1.82, 2.24) is 20.9 Å². The Labute approximate surface area is 197 Å². The highest BCUT2D eigenvalue weighted by Gasteiger charge is 2.32. The average molecular weight is 469 g/mol. The Balaban J connectivity index is 1.53. The summed E-state index contributed by atoms with van der Waals surface area (Å²) >= 11 is 6.52. The Morgan fingerprint density at radius 1 is 1.30 bits per heavy atom. The monoisotopic (exact) mass is 468 g/mol. The lowest BCUT2D eigenvalue weighted by molar-refractivity contribution is -0.125. The highest BCUT2D eigenvalue weighted by Crippen LogP contribution is 2.32. The molecule has 1 aromatic carbocycles. The van der Waals surface area contributed by atoms with Crippen LogP contribution in [0.4, 0.5) is 4.39 Å². The van der Waals surface area contributed by atoms with Crippen LogP contribution in [0.5, 0.6) is 0 Å². The zero-order chi connectivity index (χ0) is 23.5. The van der Waals surface area contributed by atoms with Gasteiger partial charge in [0, 0.05) is 42.1 Å². The van der Waals surface area contributed by atoms with Crippen LogP contribution in [0.15, 0.2) is 30.5 Å². The molecule has 1 aliphatic heterocycles. The first-order valence-corrected chi connectivity index (χ1v) is 11.5. The van der Waals surface area contributed by atoms with E-state index < -0.39 is 18.0 Å². The average Bonchev–Trinajstić information content (AvgIpc) is 3.61. The van der Waals surface area contributed by atoms with Crippen LogP contribution in [-0.4, -0.2) is 16.8 Å². The maximum Gasteiger partial charge on any atom is 0.223 e. The number of pyridine rings is 1. The number of aromatic nitrogens is 1. The van der Waals surface area contributed by atoms with Gasteiger partial charge in [0.2, 0.25) is 11.8 Å². The summed E-state index contributed by atoms with van der Waals surface area (Å²) in [5.74, 6) is 5.73. The third-order valence-corrected chi connectivity index (χ3v) is 6.12. The van der Waals surface area contributed by atoms with Crippen molar-refractivity contribution in [2.24, 2.45) is 11.8 Å². The Morgan fingerprint density at radius 3 is 2.76 bits per heavy atom. The first kappa shape index (κ1) is 23.2.